The summed E-state index contributed by atoms with van der Waals surface area (Å²) < 4.78 is 5.49. The van der Waals surface area contributed by atoms with Crippen LogP contribution in [0.4, 0.5) is 0 Å². The Balaban J connectivity index is 3.37. The van der Waals surface area contributed by atoms with Crippen LogP contribution in [-0.2, 0) is 14.3 Å². The summed E-state index contributed by atoms with van der Waals surface area (Å²) in [7, 11) is 0. The molecule has 0 heterocycles. The highest BCUT2D eigenvalue weighted by Crippen LogP contribution is 2.19. The standard InChI is InChI=1S/C72H137NO5/c1-3-5-7-9-11-13-15-17-19-20-33-37-40-44-48-52-56-60-64-70(75)69(68-74)73-71(76)65-61-57-53-49-45-41-38-34-31-29-27-25-23-21-22-24-26-28-30-32-35-39-43-47-51-55-59-63-67-78-72(77)66-62-58-54-50-46-42-36-18-16-14-12-10-8-6-4-2/h12,14,18,36,60,64,69-70,74-75H,3-11,13,15-17,19-35,37-59,61-63,65-68H2,1-2H3,(H,73,76)/b14-12-,36-18-,64-60+. The van der Waals surface area contributed by atoms with Gasteiger partial charge in [0.05, 0.1) is 25.4 Å². The quantitative estimate of drug-likeness (QED) is 0.0320. The van der Waals surface area contributed by atoms with Gasteiger partial charge in [-0.2, -0.15) is 0 Å². The van der Waals surface area contributed by atoms with Gasteiger partial charge in [0.15, 0.2) is 0 Å². The van der Waals surface area contributed by atoms with Gasteiger partial charge in [-0.25, -0.2) is 0 Å². The smallest absolute Gasteiger partial charge is 0.305 e. The maximum absolute atomic E-state index is 12.5. The molecule has 6 nitrogen and oxygen atoms in total. The molecule has 0 aliphatic heterocycles. The topological polar surface area (TPSA) is 95.9 Å². The first-order chi connectivity index (χ1) is 38.5. The van der Waals surface area contributed by atoms with Crippen molar-refractivity contribution in [2.24, 2.45) is 0 Å². The SMILES string of the molecule is CCCCC/C=C\C/C=C\CCCCCCCC(=O)OCCCCCCCCCCCCCCCCCCCCCCCCCCCCCCC(=O)NC(CO)C(O)/C=C/CCCCCCCCCCCCCCCCCC. The van der Waals surface area contributed by atoms with Crippen LogP contribution >= 0.6 is 0 Å². The van der Waals surface area contributed by atoms with E-state index in [0.717, 1.165) is 51.4 Å². The molecular weight excluding hydrogens is 959 g/mol. The molecule has 2 unspecified atom stereocenters. The van der Waals surface area contributed by atoms with E-state index in [0.29, 0.717) is 19.4 Å². The van der Waals surface area contributed by atoms with Gasteiger partial charge in [-0.3, -0.25) is 9.59 Å². The van der Waals surface area contributed by atoms with Crippen molar-refractivity contribution in [1.82, 2.24) is 5.32 Å². The summed E-state index contributed by atoms with van der Waals surface area (Å²) in [6, 6.07) is -0.626. The predicted molar refractivity (Wildman–Crippen MR) is 343 cm³/mol. The average Bonchev–Trinajstić information content (AvgIpc) is 3.44. The second-order valence-corrected chi connectivity index (χ2v) is 24.2. The van der Waals surface area contributed by atoms with E-state index in [1.165, 1.54) is 308 Å². The van der Waals surface area contributed by atoms with Gasteiger partial charge in [-0.15, -0.1) is 0 Å². The molecule has 0 aliphatic carbocycles. The number of amides is 1. The molecule has 0 bridgehead atoms. The van der Waals surface area contributed by atoms with E-state index in [1.54, 1.807) is 6.08 Å². The monoisotopic (exact) mass is 1100 g/mol. The Morgan fingerprint density at radius 2 is 0.641 bits per heavy atom. The molecule has 0 rings (SSSR count). The van der Waals surface area contributed by atoms with E-state index in [9.17, 15) is 19.8 Å². The van der Waals surface area contributed by atoms with Crippen molar-refractivity contribution in [3.8, 4) is 0 Å². The Bertz CT molecular complexity index is 1260. The van der Waals surface area contributed by atoms with Crippen molar-refractivity contribution in [1.29, 1.82) is 0 Å². The van der Waals surface area contributed by atoms with Crippen LogP contribution in [0.25, 0.3) is 0 Å². The fourth-order valence-corrected chi connectivity index (χ4v) is 11.0. The third-order valence-electron chi connectivity index (χ3n) is 16.4. The lowest BCUT2D eigenvalue weighted by Crippen LogP contribution is -2.45. The lowest BCUT2D eigenvalue weighted by atomic mass is 10.0. The van der Waals surface area contributed by atoms with Crippen molar-refractivity contribution in [2.45, 2.75) is 398 Å². The summed E-state index contributed by atoms with van der Waals surface area (Å²) in [4.78, 5) is 24.6. The molecule has 0 saturated carbocycles. The zero-order valence-corrected chi connectivity index (χ0v) is 52.7. The summed E-state index contributed by atoms with van der Waals surface area (Å²) in [5.41, 5.74) is 0. The Morgan fingerprint density at radius 3 is 1.00 bits per heavy atom. The van der Waals surface area contributed by atoms with E-state index >= 15 is 0 Å². The summed E-state index contributed by atoms with van der Waals surface area (Å²) in [6.45, 7) is 4.90. The molecule has 1 amide bonds. The minimum absolute atomic E-state index is 0.00477. The molecule has 0 aromatic heterocycles. The van der Waals surface area contributed by atoms with Crippen LogP contribution in [0.5, 0.6) is 0 Å². The molecule has 78 heavy (non-hydrogen) atoms. The van der Waals surface area contributed by atoms with Crippen LogP contribution in [0.2, 0.25) is 0 Å². The van der Waals surface area contributed by atoms with E-state index < -0.39 is 12.1 Å². The number of allylic oxidation sites excluding steroid dienone is 5. The van der Waals surface area contributed by atoms with E-state index in [-0.39, 0.29) is 18.5 Å². The molecular formula is C72H137NO5. The van der Waals surface area contributed by atoms with Gasteiger partial charge in [0.2, 0.25) is 5.91 Å². The summed E-state index contributed by atoms with van der Waals surface area (Å²) in [5, 5.41) is 23.2. The largest absolute Gasteiger partial charge is 0.466 e. The second kappa shape index (κ2) is 67.6. The zero-order valence-electron chi connectivity index (χ0n) is 52.7. The third-order valence-corrected chi connectivity index (χ3v) is 16.4. The molecule has 0 aromatic carbocycles. The number of hydrogen-bond donors (Lipinski definition) is 3. The van der Waals surface area contributed by atoms with Crippen molar-refractivity contribution in [3.63, 3.8) is 0 Å². The Labute approximate surface area is 487 Å². The minimum atomic E-state index is -0.843. The Hall–Kier alpha value is -1.92. The maximum Gasteiger partial charge on any atom is 0.305 e. The number of nitrogens with one attached hydrogen (secondary N) is 1. The van der Waals surface area contributed by atoms with Gasteiger partial charge < -0.3 is 20.3 Å². The normalized spacial score (nSPS) is 12.7. The highest BCUT2D eigenvalue weighted by molar-refractivity contribution is 5.76. The van der Waals surface area contributed by atoms with Gasteiger partial charge in [0, 0.05) is 12.8 Å². The third kappa shape index (κ3) is 63.3. The molecule has 0 fully saturated rings. The number of esters is 1. The second-order valence-electron chi connectivity index (χ2n) is 24.2. The van der Waals surface area contributed by atoms with Gasteiger partial charge >= 0.3 is 5.97 Å². The average molecular weight is 1100 g/mol. The van der Waals surface area contributed by atoms with E-state index in [4.69, 9.17) is 4.74 Å². The minimum Gasteiger partial charge on any atom is -0.466 e. The fourth-order valence-electron chi connectivity index (χ4n) is 11.0. The highest BCUT2D eigenvalue weighted by atomic mass is 16.5. The number of carbonyl (C=O) groups excluding carboxylic acids is 2. The maximum atomic E-state index is 12.5. The number of carbonyl (C=O) groups is 2. The molecule has 0 radical (unpaired) electrons. The lowest BCUT2D eigenvalue weighted by Gasteiger charge is -2.20. The van der Waals surface area contributed by atoms with Crippen molar-refractivity contribution in [3.05, 3.63) is 36.5 Å². The van der Waals surface area contributed by atoms with E-state index in [2.05, 4.69) is 43.5 Å². The van der Waals surface area contributed by atoms with E-state index in [1.807, 2.05) is 6.08 Å². The van der Waals surface area contributed by atoms with Gasteiger partial charge in [-0.1, -0.05) is 346 Å². The van der Waals surface area contributed by atoms with Crippen molar-refractivity contribution < 1.29 is 24.5 Å². The molecule has 2 atom stereocenters. The number of ether oxygens (including phenoxy) is 1. The first-order valence-corrected chi connectivity index (χ1v) is 35.3. The van der Waals surface area contributed by atoms with Crippen LogP contribution in [0.1, 0.15) is 386 Å². The molecule has 0 spiro atoms. The number of unbranched alkanes of at least 4 members (excludes halogenated alkanes) is 51. The van der Waals surface area contributed by atoms with Crippen LogP contribution in [-0.4, -0.2) is 47.4 Å². The Morgan fingerprint density at radius 1 is 0.359 bits per heavy atom. The number of rotatable bonds is 66. The summed E-state index contributed by atoms with van der Waals surface area (Å²) >= 11 is 0. The van der Waals surface area contributed by atoms with Gasteiger partial charge in [0.25, 0.3) is 0 Å². The fraction of sp³-hybridized carbons (Fsp3) is 0.889. The van der Waals surface area contributed by atoms with Gasteiger partial charge in [0.1, 0.15) is 0 Å². The molecule has 6 heteroatoms. The predicted octanol–water partition coefficient (Wildman–Crippen LogP) is 22.7. The Kier molecular flexibility index (Phi) is 65.9. The number of aliphatic hydroxyl groups is 2. The molecule has 0 aliphatic rings. The first kappa shape index (κ1) is 76.1. The molecule has 3 N–H and O–H groups in total. The number of hydrogen-bond acceptors (Lipinski definition) is 5. The van der Waals surface area contributed by atoms with Crippen LogP contribution < -0.4 is 5.32 Å². The lowest BCUT2D eigenvalue weighted by molar-refractivity contribution is -0.143. The summed E-state index contributed by atoms with van der Waals surface area (Å²) in [6.07, 6.45) is 86.5. The highest BCUT2D eigenvalue weighted by Gasteiger charge is 2.18. The summed E-state index contributed by atoms with van der Waals surface area (Å²) in [5.74, 6) is -0.0571. The molecule has 0 aromatic rings. The van der Waals surface area contributed by atoms with Crippen LogP contribution in [0.15, 0.2) is 36.5 Å². The van der Waals surface area contributed by atoms with Crippen LogP contribution in [0.3, 0.4) is 0 Å². The first-order valence-electron chi connectivity index (χ1n) is 35.3. The zero-order chi connectivity index (χ0) is 56.4. The number of aliphatic hydroxyl groups excluding tert-OH is 2. The van der Waals surface area contributed by atoms with Gasteiger partial charge in [-0.05, 0) is 64.2 Å². The van der Waals surface area contributed by atoms with Crippen molar-refractivity contribution >= 4 is 11.9 Å². The molecule has 460 valence electrons. The molecule has 0 saturated heterocycles. The van der Waals surface area contributed by atoms with Crippen molar-refractivity contribution in [2.75, 3.05) is 13.2 Å². The van der Waals surface area contributed by atoms with Crippen LogP contribution in [0, 0.1) is 0 Å².